The molecule has 5 nitrogen and oxygen atoms in total. The summed E-state index contributed by atoms with van der Waals surface area (Å²) >= 11 is 0. The predicted octanol–water partition coefficient (Wildman–Crippen LogP) is 3.05. The average molecular weight is 325 g/mol. The van der Waals surface area contributed by atoms with Crippen molar-refractivity contribution in [1.29, 1.82) is 10.5 Å². The number of piperidine rings is 1. The van der Waals surface area contributed by atoms with Crippen LogP contribution >= 0.6 is 0 Å². The lowest BCUT2D eigenvalue weighted by atomic mass is 9.93. The number of hydrogen-bond donors (Lipinski definition) is 1. The number of halogens is 3. The van der Waals surface area contributed by atoms with Crippen LogP contribution in [0.5, 0.6) is 0 Å². The first-order chi connectivity index (χ1) is 10.9. The Bertz CT molecular complexity index is 595. The number of hydrogen-bond acceptors (Lipinski definition) is 4. The lowest BCUT2D eigenvalue weighted by Crippen LogP contribution is -2.37. The van der Waals surface area contributed by atoms with Gasteiger partial charge < -0.3 is 4.90 Å². The van der Waals surface area contributed by atoms with Crippen molar-refractivity contribution < 1.29 is 13.2 Å². The minimum Gasteiger partial charge on any atom is -0.301 e. The quantitative estimate of drug-likeness (QED) is 0.902. The second kappa shape index (κ2) is 7.47. The van der Waals surface area contributed by atoms with Crippen LogP contribution in [0.4, 0.5) is 13.2 Å². The highest BCUT2D eigenvalue weighted by Gasteiger charge is 2.35. The zero-order chi connectivity index (χ0) is 16.9. The summed E-state index contributed by atoms with van der Waals surface area (Å²) in [5.74, 6) is -0.261. The predicted molar refractivity (Wildman–Crippen MR) is 76.0 cm³/mol. The number of H-pyrrole nitrogens is 1. The Morgan fingerprint density at radius 2 is 2.22 bits per heavy atom. The van der Waals surface area contributed by atoms with Gasteiger partial charge >= 0.3 is 6.18 Å². The molecule has 2 rings (SSSR count). The largest absolute Gasteiger partial charge is 0.435 e. The number of nitrogens with one attached hydrogen (secondary N) is 1. The molecule has 1 aromatic rings. The van der Waals surface area contributed by atoms with Crippen molar-refractivity contribution in [2.45, 2.75) is 37.8 Å². The fourth-order valence-corrected chi connectivity index (χ4v) is 2.91. The standard InChI is InChI=1S/C15H18F3N5/c16-15(17,18)14-7-13(21-22-14)12-4-2-6-23(10-12)9-11(8-20)3-1-5-19/h7,11-12H,1-4,6,9-10H2,(H,21,22)/t11-,12+/m0/s1. The fraction of sp³-hybridized carbons (Fsp3) is 0.667. The molecule has 0 amide bonds. The molecule has 124 valence electrons. The maximum Gasteiger partial charge on any atom is 0.435 e. The molecule has 1 fully saturated rings. The van der Waals surface area contributed by atoms with E-state index in [0.717, 1.165) is 25.5 Å². The van der Waals surface area contributed by atoms with E-state index in [-0.39, 0.29) is 11.8 Å². The molecule has 1 aliphatic heterocycles. The van der Waals surface area contributed by atoms with Crippen LogP contribution in [0.25, 0.3) is 0 Å². The first kappa shape index (κ1) is 17.3. The zero-order valence-electron chi connectivity index (χ0n) is 12.6. The molecule has 2 heterocycles. The highest BCUT2D eigenvalue weighted by atomic mass is 19.4. The third-order valence-electron chi connectivity index (χ3n) is 4.10. The molecule has 0 spiro atoms. The molecular weight excluding hydrogens is 307 g/mol. The van der Waals surface area contributed by atoms with E-state index in [2.05, 4.69) is 21.2 Å². The van der Waals surface area contributed by atoms with Crippen molar-refractivity contribution >= 4 is 0 Å². The van der Waals surface area contributed by atoms with Crippen LogP contribution in [0.1, 0.15) is 43.0 Å². The number of alkyl halides is 3. The van der Waals surface area contributed by atoms with Crippen LogP contribution in [0.15, 0.2) is 6.07 Å². The molecular formula is C15H18F3N5. The molecule has 1 aliphatic rings. The summed E-state index contributed by atoms with van der Waals surface area (Å²) in [5.41, 5.74) is -0.402. The Morgan fingerprint density at radius 1 is 1.43 bits per heavy atom. The highest BCUT2D eigenvalue weighted by Crippen LogP contribution is 2.32. The van der Waals surface area contributed by atoms with Gasteiger partial charge in [-0.25, -0.2) is 0 Å². The Kier molecular flexibility index (Phi) is 5.62. The van der Waals surface area contributed by atoms with Gasteiger partial charge in [0.25, 0.3) is 0 Å². The number of aromatic amines is 1. The molecule has 0 unspecified atom stereocenters. The summed E-state index contributed by atoms with van der Waals surface area (Å²) in [6.45, 7) is 1.97. The van der Waals surface area contributed by atoms with Crippen molar-refractivity contribution in [3.8, 4) is 12.1 Å². The highest BCUT2D eigenvalue weighted by molar-refractivity contribution is 5.16. The van der Waals surface area contributed by atoms with Gasteiger partial charge in [-0.05, 0) is 31.9 Å². The topological polar surface area (TPSA) is 79.5 Å². The van der Waals surface area contributed by atoms with Gasteiger partial charge in [0.2, 0.25) is 0 Å². The van der Waals surface area contributed by atoms with E-state index < -0.39 is 11.9 Å². The number of rotatable bonds is 5. The van der Waals surface area contributed by atoms with Gasteiger partial charge in [0, 0.05) is 31.1 Å². The fourth-order valence-electron chi connectivity index (χ4n) is 2.91. The van der Waals surface area contributed by atoms with Gasteiger partial charge in [-0.15, -0.1) is 0 Å². The van der Waals surface area contributed by atoms with Crippen molar-refractivity contribution in [1.82, 2.24) is 15.1 Å². The van der Waals surface area contributed by atoms with E-state index in [0.29, 0.717) is 31.6 Å². The maximum atomic E-state index is 12.6. The Hall–Kier alpha value is -2.06. The van der Waals surface area contributed by atoms with Gasteiger partial charge in [-0.3, -0.25) is 5.10 Å². The van der Waals surface area contributed by atoms with Gasteiger partial charge in [-0.1, -0.05) is 0 Å². The summed E-state index contributed by atoms with van der Waals surface area (Å²) in [5, 5.41) is 23.6. The van der Waals surface area contributed by atoms with E-state index in [9.17, 15) is 13.2 Å². The first-order valence-electron chi connectivity index (χ1n) is 7.55. The molecule has 0 aromatic carbocycles. The molecule has 0 aliphatic carbocycles. The van der Waals surface area contributed by atoms with Crippen LogP contribution in [0, 0.1) is 28.6 Å². The van der Waals surface area contributed by atoms with E-state index in [1.165, 1.54) is 0 Å². The summed E-state index contributed by atoms with van der Waals surface area (Å²) in [7, 11) is 0. The number of nitriles is 2. The molecule has 1 N–H and O–H groups in total. The number of aromatic nitrogens is 2. The van der Waals surface area contributed by atoms with Crippen LogP contribution in [-0.4, -0.2) is 34.7 Å². The van der Waals surface area contributed by atoms with Gasteiger partial charge in [0.15, 0.2) is 5.69 Å². The monoisotopic (exact) mass is 325 g/mol. The van der Waals surface area contributed by atoms with Crippen molar-refractivity contribution in [2.75, 3.05) is 19.6 Å². The molecule has 1 saturated heterocycles. The number of nitrogens with zero attached hydrogens (tertiary/aromatic N) is 4. The first-order valence-corrected chi connectivity index (χ1v) is 7.55. The van der Waals surface area contributed by atoms with Gasteiger partial charge in [0.05, 0.1) is 18.1 Å². The Morgan fingerprint density at radius 3 is 2.83 bits per heavy atom. The maximum absolute atomic E-state index is 12.6. The van der Waals surface area contributed by atoms with Crippen LogP contribution in [0.3, 0.4) is 0 Å². The second-order valence-corrected chi connectivity index (χ2v) is 5.83. The van der Waals surface area contributed by atoms with E-state index >= 15 is 0 Å². The van der Waals surface area contributed by atoms with Crippen molar-refractivity contribution in [3.05, 3.63) is 17.5 Å². The van der Waals surface area contributed by atoms with E-state index in [4.69, 9.17) is 10.5 Å². The SMILES string of the molecule is N#CCC[C@@H](C#N)CN1CCC[C@@H](c2cc(C(F)(F)F)n[nH]2)C1. The average Bonchev–Trinajstić information content (AvgIpc) is 3.02. The van der Waals surface area contributed by atoms with Crippen LogP contribution in [0.2, 0.25) is 0 Å². The van der Waals surface area contributed by atoms with E-state index in [1.54, 1.807) is 0 Å². The van der Waals surface area contributed by atoms with Crippen molar-refractivity contribution in [2.24, 2.45) is 5.92 Å². The second-order valence-electron chi connectivity index (χ2n) is 5.83. The van der Waals surface area contributed by atoms with Gasteiger partial charge in [-0.2, -0.15) is 28.8 Å². The van der Waals surface area contributed by atoms with Crippen LogP contribution < -0.4 is 0 Å². The van der Waals surface area contributed by atoms with Crippen LogP contribution in [-0.2, 0) is 6.18 Å². The molecule has 2 atom stereocenters. The lowest BCUT2D eigenvalue weighted by molar-refractivity contribution is -0.141. The smallest absolute Gasteiger partial charge is 0.301 e. The summed E-state index contributed by atoms with van der Waals surface area (Å²) in [6, 6.07) is 5.31. The third-order valence-corrected chi connectivity index (χ3v) is 4.10. The third kappa shape index (κ3) is 4.70. The number of likely N-dealkylation sites (tertiary alicyclic amines) is 1. The molecule has 23 heavy (non-hydrogen) atoms. The normalized spacial score (nSPS) is 20.7. The van der Waals surface area contributed by atoms with Crippen molar-refractivity contribution in [3.63, 3.8) is 0 Å². The molecule has 0 saturated carbocycles. The summed E-state index contributed by atoms with van der Waals surface area (Å²) in [6.07, 6.45) is -1.92. The molecule has 8 heteroatoms. The Balaban J connectivity index is 1.97. The minimum atomic E-state index is -4.44. The lowest BCUT2D eigenvalue weighted by Gasteiger charge is -2.33. The molecule has 1 aromatic heterocycles. The molecule has 0 bridgehead atoms. The zero-order valence-corrected chi connectivity index (χ0v) is 12.6. The summed E-state index contributed by atoms with van der Waals surface area (Å²) in [4.78, 5) is 2.09. The minimum absolute atomic E-state index is 0.0392. The van der Waals surface area contributed by atoms with Gasteiger partial charge in [0.1, 0.15) is 0 Å². The molecule has 0 radical (unpaired) electrons. The Labute approximate surface area is 132 Å². The summed E-state index contributed by atoms with van der Waals surface area (Å²) < 4.78 is 37.9. The van der Waals surface area contributed by atoms with E-state index in [1.807, 2.05) is 6.07 Å².